The molecule has 3 N–H and O–H groups in total. The second-order valence-corrected chi connectivity index (χ2v) is 4.10. The van der Waals surface area contributed by atoms with Gasteiger partial charge in [-0.3, -0.25) is 9.59 Å². The van der Waals surface area contributed by atoms with Gasteiger partial charge >= 0.3 is 0 Å². The first-order valence-corrected chi connectivity index (χ1v) is 5.27. The van der Waals surface area contributed by atoms with Crippen molar-refractivity contribution in [2.45, 2.75) is 19.9 Å². The summed E-state index contributed by atoms with van der Waals surface area (Å²) in [4.78, 5) is 22.8. The minimum absolute atomic E-state index is 0.100. The standard InChI is InChI=1S/C12H15FN2O2/c1-7(2)10(11(14)16)15-12(17)8-3-5-9(13)6-4-8/h3-7,10H,1-2H3,(H2,14,16)(H,15,17)/t10-/m1/s1. The van der Waals surface area contributed by atoms with Crippen LogP contribution in [0.15, 0.2) is 24.3 Å². The highest BCUT2D eigenvalue weighted by molar-refractivity contribution is 5.97. The normalized spacial score (nSPS) is 12.2. The van der Waals surface area contributed by atoms with Gasteiger partial charge in [-0.05, 0) is 30.2 Å². The van der Waals surface area contributed by atoms with Crippen LogP contribution in [0, 0.1) is 11.7 Å². The average molecular weight is 238 g/mol. The Morgan fingerprint density at radius 2 is 1.76 bits per heavy atom. The van der Waals surface area contributed by atoms with Crippen LogP contribution >= 0.6 is 0 Å². The summed E-state index contributed by atoms with van der Waals surface area (Å²) in [5, 5.41) is 2.52. The molecule has 92 valence electrons. The first kappa shape index (κ1) is 13.2. The molecule has 1 aromatic rings. The van der Waals surface area contributed by atoms with Crippen molar-refractivity contribution in [1.82, 2.24) is 5.32 Å². The van der Waals surface area contributed by atoms with E-state index in [1.165, 1.54) is 24.3 Å². The fraction of sp³-hybridized carbons (Fsp3) is 0.333. The van der Waals surface area contributed by atoms with Crippen molar-refractivity contribution in [2.24, 2.45) is 11.7 Å². The lowest BCUT2D eigenvalue weighted by Crippen LogP contribution is -2.47. The van der Waals surface area contributed by atoms with E-state index in [4.69, 9.17) is 5.73 Å². The van der Waals surface area contributed by atoms with Crippen molar-refractivity contribution < 1.29 is 14.0 Å². The highest BCUT2D eigenvalue weighted by Gasteiger charge is 2.22. The first-order chi connectivity index (χ1) is 7.91. The molecular weight excluding hydrogens is 223 g/mol. The van der Waals surface area contributed by atoms with E-state index in [9.17, 15) is 14.0 Å². The van der Waals surface area contributed by atoms with Gasteiger partial charge in [0.1, 0.15) is 11.9 Å². The van der Waals surface area contributed by atoms with Crippen LogP contribution in [0.3, 0.4) is 0 Å². The third kappa shape index (κ3) is 3.55. The lowest BCUT2D eigenvalue weighted by molar-refractivity contribution is -0.120. The molecule has 0 bridgehead atoms. The lowest BCUT2D eigenvalue weighted by atomic mass is 10.0. The van der Waals surface area contributed by atoms with E-state index < -0.39 is 23.7 Å². The van der Waals surface area contributed by atoms with E-state index >= 15 is 0 Å². The van der Waals surface area contributed by atoms with Gasteiger partial charge in [-0.1, -0.05) is 13.8 Å². The average Bonchev–Trinajstić information content (AvgIpc) is 2.25. The second-order valence-electron chi connectivity index (χ2n) is 4.10. The number of nitrogens with one attached hydrogen (secondary N) is 1. The van der Waals surface area contributed by atoms with Crippen LogP contribution < -0.4 is 11.1 Å². The van der Waals surface area contributed by atoms with E-state index in [0.29, 0.717) is 5.56 Å². The summed E-state index contributed by atoms with van der Waals surface area (Å²) in [5.74, 6) is -1.55. The topological polar surface area (TPSA) is 72.2 Å². The summed E-state index contributed by atoms with van der Waals surface area (Å²) in [5.41, 5.74) is 5.46. The molecule has 0 unspecified atom stereocenters. The maximum atomic E-state index is 12.7. The molecule has 0 spiro atoms. The molecule has 0 radical (unpaired) electrons. The third-order valence-corrected chi connectivity index (χ3v) is 2.37. The Hall–Kier alpha value is -1.91. The zero-order valence-electron chi connectivity index (χ0n) is 9.74. The summed E-state index contributed by atoms with van der Waals surface area (Å²) < 4.78 is 12.7. The molecular formula is C12H15FN2O2. The summed E-state index contributed by atoms with van der Waals surface area (Å²) in [6.07, 6.45) is 0. The Morgan fingerprint density at radius 3 is 2.18 bits per heavy atom. The van der Waals surface area contributed by atoms with E-state index in [0.717, 1.165) is 0 Å². The molecule has 2 amide bonds. The Morgan fingerprint density at radius 1 is 1.24 bits per heavy atom. The SMILES string of the molecule is CC(C)[C@@H](NC(=O)c1ccc(F)cc1)C(N)=O. The van der Waals surface area contributed by atoms with Crippen molar-refractivity contribution in [2.75, 3.05) is 0 Å². The highest BCUT2D eigenvalue weighted by atomic mass is 19.1. The van der Waals surface area contributed by atoms with Crippen LogP contribution in [0.25, 0.3) is 0 Å². The smallest absolute Gasteiger partial charge is 0.251 e. The van der Waals surface area contributed by atoms with E-state index in [2.05, 4.69) is 5.32 Å². The van der Waals surface area contributed by atoms with E-state index in [1.807, 2.05) is 0 Å². The number of nitrogens with two attached hydrogens (primary N) is 1. The number of primary amides is 1. The fourth-order valence-electron chi connectivity index (χ4n) is 1.39. The molecule has 0 aliphatic carbocycles. The van der Waals surface area contributed by atoms with Gasteiger partial charge in [-0.15, -0.1) is 0 Å². The minimum atomic E-state index is -0.729. The Bertz CT molecular complexity index is 415. The lowest BCUT2D eigenvalue weighted by Gasteiger charge is -2.18. The predicted octanol–water partition coefficient (Wildman–Crippen LogP) is 1.07. The molecule has 1 aromatic carbocycles. The molecule has 0 aromatic heterocycles. The molecule has 0 aliphatic rings. The van der Waals surface area contributed by atoms with Gasteiger partial charge in [0, 0.05) is 5.56 Å². The van der Waals surface area contributed by atoms with Gasteiger partial charge in [-0.2, -0.15) is 0 Å². The fourth-order valence-corrected chi connectivity index (χ4v) is 1.39. The third-order valence-electron chi connectivity index (χ3n) is 2.37. The maximum absolute atomic E-state index is 12.7. The van der Waals surface area contributed by atoms with Crippen molar-refractivity contribution in [3.05, 3.63) is 35.6 Å². The number of benzene rings is 1. The molecule has 0 heterocycles. The summed E-state index contributed by atoms with van der Waals surface area (Å²) in [6.45, 7) is 3.56. The second kappa shape index (κ2) is 5.43. The van der Waals surface area contributed by atoms with Gasteiger partial charge in [0.15, 0.2) is 0 Å². The van der Waals surface area contributed by atoms with Crippen LogP contribution in [0.1, 0.15) is 24.2 Å². The number of rotatable bonds is 4. The largest absolute Gasteiger partial charge is 0.368 e. The van der Waals surface area contributed by atoms with Crippen LogP contribution in [-0.4, -0.2) is 17.9 Å². The van der Waals surface area contributed by atoms with Gasteiger partial charge in [0.2, 0.25) is 5.91 Å². The zero-order chi connectivity index (χ0) is 13.0. The monoisotopic (exact) mass is 238 g/mol. The molecule has 4 nitrogen and oxygen atoms in total. The zero-order valence-corrected chi connectivity index (χ0v) is 9.74. The molecule has 5 heteroatoms. The highest BCUT2D eigenvalue weighted by Crippen LogP contribution is 2.06. The van der Waals surface area contributed by atoms with Crippen molar-refractivity contribution >= 4 is 11.8 Å². The number of carbonyl (C=O) groups excluding carboxylic acids is 2. The van der Waals surface area contributed by atoms with Crippen molar-refractivity contribution in [3.8, 4) is 0 Å². The molecule has 17 heavy (non-hydrogen) atoms. The first-order valence-electron chi connectivity index (χ1n) is 5.27. The number of hydrogen-bond acceptors (Lipinski definition) is 2. The number of hydrogen-bond donors (Lipinski definition) is 2. The molecule has 1 atom stereocenters. The van der Waals surface area contributed by atoms with Crippen LogP contribution in [0.4, 0.5) is 4.39 Å². The van der Waals surface area contributed by atoms with Gasteiger partial charge < -0.3 is 11.1 Å². The van der Waals surface area contributed by atoms with Gasteiger partial charge in [0.05, 0.1) is 0 Å². The molecule has 0 fully saturated rings. The molecule has 0 saturated heterocycles. The summed E-state index contributed by atoms with van der Waals surface area (Å²) >= 11 is 0. The Labute approximate surface area is 99.0 Å². The maximum Gasteiger partial charge on any atom is 0.251 e. The molecule has 0 aliphatic heterocycles. The van der Waals surface area contributed by atoms with E-state index in [-0.39, 0.29) is 5.92 Å². The van der Waals surface area contributed by atoms with Gasteiger partial charge in [-0.25, -0.2) is 4.39 Å². The Balaban J connectivity index is 2.77. The quantitative estimate of drug-likeness (QED) is 0.823. The summed E-state index contributed by atoms with van der Waals surface area (Å²) in [6, 6.07) is 4.34. The number of carbonyl (C=O) groups is 2. The van der Waals surface area contributed by atoms with Crippen LogP contribution in [0.5, 0.6) is 0 Å². The van der Waals surface area contributed by atoms with Crippen molar-refractivity contribution in [1.29, 1.82) is 0 Å². The predicted molar refractivity (Wildman–Crippen MR) is 61.7 cm³/mol. The van der Waals surface area contributed by atoms with E-state index in [1.54, 1.807) is 13.8 Å². The molecule has 0 saturated carbocycles. The van der Waals surface area contributed by atoms with Crippen LogP contribution in [0.2, 0.25) is 0 Å². The Kier molecular flexibility index (Phi) is 4.20. The van der Waals surface area contributed by atoms with Gasteiger partial charge in [0.25, 0.3) is 5.91 Å². The number of halogens is 1. The van der Waals surface area contributed by atoms with Crippen molar-refractivity contribution in [3.63, 3.8) is 0 Å². The number of amides is 2. The van der Waals surface area contributed by atoms with Crippen LogP contribution in [-0.2, 0) is 4.79 Å². The molecule has 1 rings (SSSR count). The summed E-state index contributed by atoms with van der Waals surface area (Å²) in [7, 11) is 0. The minimum Gasteiger partial charge on any atom is -0.368 e.